The molecule has 31 heavy (non-hydrogen) atoms. The Balaban J connectivity index is 2.37. The average Bonchev–Trinajstić information content (AvgIpc) is 2.89. The summed E-state index contributed by atoms with van der Waals surface area (Å²) in [5.41, 5.74) is 3.33. The van der Waals surface area contributed by atoms with Crippen LogP contribution < -0.4 is 10.5 Å². The molecule has 0 unspecified atom stereocenters. The fourth-order valence-corrected chi connectivity index (χ4v) is 3.86. The number of hydrogen-bond donors (Lipinski definition) is 1. The highest BCUT2D eigenvalue weighted by molar-refractivity contribution is 6.13. The maximum atomic E-state index is 13.9. The van der Waals surface area contributed by atoms with Gasteiger partial charge in [0.1, 0.15) is 29.5 Å². The molecule has 2 aliphatic heterocycles. The number of allylic oxidation sites excluding steroid dienone is 1. The van der Waals surface area contributed by atoms with E-state index < -0.39 is 35.4 Å². The van der Waals surface area contributed by atoms with Gasteiger partial charge in [0.15, 0.2) is 5.41 Å². The number of amides is 1. The minimum Gasteiger partial charge on any atom is -0.468 e. The van der Waals surface area contributed by atoms with Gasteiger partial charge >= 0.3 is 11.9 Å². The summed E-state index contributed by atoms with van der Waals surface area (Å²) in [6, 6.07) is 8.42. The zero-order valence-electron chi connectivity index (χ0n) is 17.9. The largest absolute Gasteiger partial charge is 0.468 e. The van der Waals surface area contributed by atoms with E-state index in [-0.39, 0.29) is 34.0 Å². The van der Waals surface area contributed by atoms with Crippen molar-refractivity contribution in [3.8, 4) is 11.8 Å². The second-order valence-corrected chi connectivity index (χ2v) is 8.13. The van der Waals surface area contributed by atoms with E-state index in [2.05, 4.69) is 0 Å². The molecule has 162 valence electrons. The molecule has 0 aromatic heterocycles. The number of esters is 2. The van der Waals surface area contributed by atoms with E-state index in [4.69, 9.17) is 19.9 Å². The molecule has 9 heteroatoms. The molecule has 0 saturated carbocycles. The first-order chi connectivity index (χ1) is 14.5. The summed E-state index contributed by atoms with van der Waals surface area (Å²) in [5.74, 6) is -2.26. The molecule has 1 aromatic rings. The Morgan fingerprint density at radius 2 is 1.94 bits per heavy atom. The van der Waals surface area contributed by atoms with Crippen LogP contribution in [0.5, 0.6) is 5.75 Å². The zero-order chi connectivity index (χ0) is 23.1. The number of hydrogen-bond acceptors (Lipinski definition) is 8. The number of ether oxygens (including phenoxy) is 3. The van der Waals surface area contributed by atoms with Crippen molar-refractivity contribution in [1.82, 2.24) is 4.90 Å². The Labute approximate surface area is 179 Å². The van der Waals surface area contributed by atoms with E-state index in [1.54, 1.807) is 45.0 Å². The Kier molecular flexibility index (Phi) is 5.28. The van der Waals surface area contributed by atoms with Gasteiger partial charge < -0.3 is 24.8 Å². The van der Waals surface area contributed by atoms with E-state index >= 15 is 0 Å². The second-order valence-electron chi connectivity index (χ2n) is 8.13. The number of nitriles is 1. The van der Waals surface area contributed by atoms with Gasteiger partial charge in [0, 0.05) is 11.3 Å². The predicted molar refractivity (Wildman–Crippen MR) is 108 cm³/mol. The van der Waals surface area contributed by atoms with Gasteiger partial charge in [-0.1, -0.05) is 18.2 Å². The molecule has 0 radical (unpaired) electrons. The lowest BCUT2D eigenvalue weighted by Crippen LogP contribution is -2.48. The Bertz CT molecular complexity index is 1090. The molecule has 1 atom stereocenters. The third kappa shape index (κ3) is 3.30. The van der Waals surface area contributed by atoms with E-state index in [1.807, 2.05) is 6.07 Å². The first-order valence-corrected chi connectivity index (χ1v) is 9.50. The lowest BCUT2D eigenvalue weighted by molar-refractivity contribution is -0.151. The van der Waals surface area contributed by atoms with Crippen LogP contribution in [0.1, 0.15) is 33.3 Å². The first kappa shape index (κ1) is 21.9. The molecule has 0 bridgehead atoms. The number of fused-ring (bicyclic) bond motifs is 2. The van der Waals surface area contributed by atoms with Crippen molar-refractivity contribution in [2.45, 2.75) is 38.7 Å². The van der Waals surface area contributed by atoms with Gasteiger partial charge in [-0.25, -0.2) is 4.79 Å². The van der Waals surface area contributed by atoms with E-state index in [0.29, 0.717) is 0 Å². The smallest absolute Gasteiger partial charge is 0.338 e. The van der Waals surface area contributed by atoms with Crippen molar-refractivity contribution in [1.29, 1.82) is 5.26 Å². The number of benzene rings is 1. The van der Waals surface area contributed by atoms with Gasteiger partial charge in [-0.05, 0) is 33.8 Å². The van der Waals surface area contributed by atoms with Crippen LogP contribution in [0.3, 0.4) is 0 Å². The molecule has 1 spiro atoms. The maximum absolute atomic E-state index is 13.9. The standard InChI is InChI=1S/C22H23N3O6/c1-12-17(19(27)31-21(2,3)4)22(20(28)25(12)11-16(26)29-5)13-8-6-7-9-15(13)30-18(24)14(22)10-23/h6-9H,11,24H2,1-5H3/t22-/m1/s1. The van der Waals surface area contributed by atoms with Gasteiger partial charge in [-0.3, -0.25) is 9.59 Å². The molecule has 1 amide bonds. The molecule has 3 rings (SSSR count). The number of carbonyl (C=O) groups is 3. The van der Waals surface area contributed by atoms with Crippen LogP contribution in [-0.4, -0.2) is 42.0 Å². The lowest BCUT2D eigenvalue weighted by atomic mass is 9.68. The maximum Gasteiger partial charge on any atom is 0.338 e. The minimum atomic E-state index is -1.91. The SMILES string of the molecule is COC(=O)CN1C(=O)[C@]2(C(C#N)=C(N)Oc3ccccc32)C(C(=O)OC(C)(C)C)=C1C. The highest BCUT2D eigenvalue weighted by Gasteiger charge is 2.62. The van der Waals surface area contributed by atoms with E-state index in [1.165, 1.54) is 14.0 Å². The number of rotatable bonds is 3. The summed E-state index contributed by atoms with van der Waals surface area (Å²) in [7, 11) is 1.19. The van der Waals surface area contributed by atoms with Gasteiger partial charge in [-0.2, -0.15) is 5.26 Å². The molecule has 0 saturated heterocycles. The molecule has 0 fully saturated rings. The molecule has 2 heterocycles. The number of carbonyl (C=O) groups excluding carboxylic acids is 3. The summed E-state index contributed by atoms with van der Waals surface area (Å²) in [6.45, 7) is 6.12. The molecule has 1 aromatic carbocycles. The van der Waals surface area contributed by atoms with Crippen molar-refractivity contribution >= 4 is 17.8 Å². The molecular weight excluding hydrogens is 402 g/mol. The molecule has 2 aliphatic rings. The number of nitrogens with two attached hydrogens (primary N) is 1. The quantitative estimate of drug-likeness (QED) is 0.723. The van der Waals surface area contributed by atoms with Crippen LogP contribution in [0.15, 0.2) is 47.0 Å². The van der Waals surface area contributed by atoms with Crippen molar-refractivity contribution in [3.63, 3.8) is 0 Å². The summed E-state index contributed by atoms with van der Waals surface area (Å²) in [4.78, 5) is 40.4. The highest BCUT2D eigenvalue weighted by atomic mass is 16.6. The van der Waals surface area contributed by atoms with Crippen molar-refractivity contribution in [3.05, 3.63) is 52.6 Å². The fourth-order valence-electron chi connectivity index (χ4n) is 3.86. The molecule has 0 aliphatic carbocycles. The van der Waals surface area contributed by atoms with Crippen molar-refractivity contribution in [2.24, 2.45) is 5.73 Å². The second kappa shape index (κ2) is 7.47. The monoisotopic (exact) mass is 425 g/mol. The topological polar surface area (TPSA) is 132 Å². The third-order valence-corrected chi connectivity index (χ3v) is 5.07. The van der Waals surface area contributed by atoms with Crippen LogP contribution in [0.4, 0.5) is 0 Å². The third-order valence-electron chi connectivity index (χ3n) is 5.07. The summed E-state index contributed by atoms with van der Waals surface area (Å²) < 4.78 is 15.9. The molecule has 2 N–H and O–H groups in total. The Morgan fingerprint density at radius 3 is 2.52 bits per heavy atom. The van der Waals surface area contributed by atoms with Crippen LogP contribution >= 0.6 is 0 Å². The minimum absolute atomic E-state index is 0.0911. The van der Waals surface area contributed by atoms with Crippen molar-refractivity contribution < 1.29 is 28.6 Å². The first-order valence-electron chi connectivity index (χ1n) is 9.50. The highest BCUT2D eigenvalue weighted by Crippen LogP contribution is 2.53. The fraction of sp³-hybridized carbons (Fsp3) is 0.364. The molecule has 9 nitrogen and oxygen atoms in total. The lowest BCUT2D eigenvalue weighted by Gasteiger charge is -2.35. The Hall–Kier alpha value is -3.80. The summed E-state index contributed by atoms with van der Waals surface area (Å²) >= 11 is 0. The summed E-state index contributed by atoms with van der Waals surface area (Å²) in [5, 5.41) is 9.96. The van der Waals surface area contributed by atoms with E-state index in [0.717, 1.165) is 4.90 Å². The zero-order valence-corrected chi connectivity index (χ0v) is 17.9. The van der Waals surface area contributed by atoms with Crippen molar-refractivity contribution in [2.75, 3.05) is 13.7 Å². The predicted octanol–water partition coefficient (Wildman–Crippen LogP) is 1.64. The average molecular weight is 425 g/mol. The normalized spacial score (nSPS) is 20.4. The number of methoxy groups -OCH3 is 1. The molecular formula is C22H23N3O6. The Morgan fingerprint density at radius 1 is 1.29 bits per heavy atom. The van der Waals surface area contributed by atoms with E-state index in [9.17, 15) is 19.6 Å². The van der Waals surface area contributed by atoms with Gasteiger partial charge in [-0.15, -0.1) is 0 Å². The number of nitrogens with zero attached hydrogens (tertiary/aromatic N) is 2. The summed E-state index contributed by atoms with van der Waals surface area (Å²) in [6.07, 6.45) is 0. The van der Waals surface area contributed by atoms with Gasteiger partial charge in [0.25, 0.3) is 0 Å². The van der Waals surface area contributed by atoms with Crippen LogP contribution in [0.25, 0.3) is 0 Å². The van der Waals surface area contributed by atoms with Crippen LogP contribution in [0.2, 0.25) is 0 Å². The van der Waals surface area contributed by atoms with Gasteiger partial charge in [0.05, 0.1) is 12.7 Å². The van der Waals surface area contributed by atoms with Crippen LogP contribution in [-0.2, 0) is 29.3 Å². The van der Waals surface area contributed by atoms with Crippen LogP contribution in [0, 0.1) is 11.3 Å². The van der Waals surface area contributed by atoms with Gasteiger partial charge in [0.2, 0.25) is 11.8 Å². The number of para-hydroxylation sites is 1.